The van der Waals surface area contributed by atoms with Crippen molar-refractivity contribution in [2.75, 3.05) is 5.32 Å². The van der Waals surface area contributed by atoms with E-state index in [2.05, 4.69) is 10.6 Å². The number of rotatable bonds is 4. The van der Waals surface area contributed by atoms with Gasteiger partial charge in [-0.3, -0.25) is 14.9 Å². The summed E-state index contributed by atoms with van der Waals surface area (Å²) < 4.78 is 5.63. The fourth-order valence-electron chi connectivity index (χ4n) is 3.51. The second-order valence-corrected chi connectivity index (χ2v) is 9.33. The van der Waals surface area contributed by atoms with Crippen molar-refractivity contribution in [2.24, 2.45) is 5.73 Å². The molecule has 0 bridgehead atoms. The summed E-state index contributed by atoms with van der Waals surface area (Å²) in [6.45, 7) is 0. The SMILES string of the molecule is NC(=O)c1c(NC(=S)NC(=O)c2ccc(-c3ccc(Cl)cc3Cl)o2)sc2c1CCCC2. The molecule has 1 aliphatic rings. The number of benzene rings is 1. The molecule has 2 amide bonds. The molecule has 0 spiro atoms. The van der Waals surface area contributed by atoms with Crippen molar-refractivity contribution in [2.45, 2.75) is 25.7 Å². The van der Waals surface area contributed by atoms with Crippen LogP contribution < -0.4 is 16.4 Å². The van der Waals surface area contributed by atoms with Crippen LogP contribution in [0.15, 0.2) is 34.7 Å². The fraction of sp³-hybridized carbons (Fsp3) is 0.190. The van der Waals surface area contributed by atoms with Gasteiger partial charge >= 0.3 is 0 Å². The van der Waals surface area contributed by atoms with E-state index < -0.39 is 11.8 Å². The Kier molecular flexibility index (Phi) is 6.34. The van der Waals surface area contributed by atoms with Gasteiger partial charge in [-0.2, -0.15) is 0 Å². The standard InChI is InChI=1S/C21H17Cl2N3O3S2/c22-10-5-6-11(13(23)9-10)14-7-8-15(29-14)19(28)25-21(30)26-20-17(18(24)27)12-3-1-2-4-16(12)31-20/h5-9H,1-4H2,(H2,24,27)(H2,25,26,28,30). The normalized spacial score (nSPS) is 12.8. The molecule has 0 radical (unpaired) electrons. The number of carbonyl (C=O) groups excluding carboxylic acids is 2. The predicted molar refractivity (Wildman–Crippen MR) is 127 cm³/mol. The molecule has 6 nitrogen and oxygen atoms in total. The number of primary amides is 1. The summed E-state index contributed by atoms with van der Waals surface area (Å²) in [5.74, 6) is -0.555. The molecule has 2 aromatic heterocycles. The van der Waals surface area contributed by atoms with Crippen LogP contribution in [0.4, 0.5) is 5.00 Å². The first-order chi connectivity index (χ1) is 14.8. The topological polar surface area (TPSA) is 97.4 Å². The predicted octanol–water partition coefficient (Wildman–Crippen LogP) is 5.42. The average molecular weight is 494 g/mol. The minimum absolute atomic E-state index is 0.0496. The number of halogens is 2. The summed E-state index contributed by atoms with van der Waals surface area (Å²) in [7, 11) is 0. The summed E-state index contributed by atoms with van der Waals surface area (Å²) in [4.78, 5) is 25.7. The molecule has 31 heavy (non-hydrogen) atoms. The molecule has 4 rings (SSSR count). The lowest BCUT2D eigenvalue weighted by Crippen LogP contribution is -2.34. The van der Waals surface area contributed by atoms with E-state index in [1.807, 2.05) is 0 Å². The molecule has 1 aromatic carbocycles. The van der Waals surface area contributed by atoms with Gasteiger partial charge in [0, 0.05) is 15.5 Å². The van der Waals surface area contributed by atoms with E-state index in [-0.39, 0.29) is 10.9 Å². The molecule has 0 atom stereocenters. The molecule has 2 heterocycles. The number of carbonyl (C=O) groups is 2. The van der Waals surface area contributed by atoms with Crippen molar-refractivity contribution >= 4 is 68.7 Å². The zero-order valence-corrected chi connectivity index (χ0v) is 19.2. The first kappa shape index (κ1) is 21.8. The number of thiophene rings is 1. The largest absolute Gasteiger partial charge is 0.451 e. The molecule has 0 unspecified atom stereocenters. The highest BCUT2D eigenvalue weighted by Gasteiger charge is 2.25. The van der Waals surface area contributed by atoms with E-state index in [1.165, 1.54) is 17.4 Å². The quantitative estimate of drug-likeness (QED) is 0.421. The third-order valence-corrected chi connectivity index (χ3v) is 6.86. The van der Waals surface area contributed by atoms with Crippen LogP contribution in [-0.4, -0.2) is 16.9 Å². The Morgan fingerprint density at radius 3 is 2.65 bits per heavy atom. The molecule has 1 aliphatic carbocycles. The first-order valence-corrected chi connectivity index (χ1v) is 11.4. The first-order valence-electron chi connectivity index (χ1n) is 9.45. The number of nitrogens with two attached hydrogens (primary N) is 1. The second kappa shape index (κ2) is 9.00. The molecule has 0 fully saturated rings. The number of furan rings is 1. The van der Waals surface area contributed by atoms with Crippen LogP contribution in [0.2, 0.25) is 10.0 Å². The van der Waals surface area contributed by atoms with E-state index in [9.17, 15) is 9.59 Å². The number of aryl methyl sites for hydroxylation is 1. The van der Waals surface area contributed by atoms with E-state index in [0.717, 1.165) is 36.1 Å². The van der Waals surface area contributed by atoms with Gasteiger partial charge in [0.15, 0.2) is 10.9 Å². The summed E-state index contributed by atoms with van der Waals surface area (Å²) in [5.41, 5.74) is 7.64. The van der Waals surface area contributed by atoms with Gasteiger partial charge in [-0.25, -0.2) is 0 Å². The van der Waals surface area contributed by atoms with Gasteiger partial charge in [0.1, 0.15) is 10.8 Å². The van der Waals surface area contributed by atoms with Crippen molar-refractivity contribution in [1.29, 1.82) is 0 Å². The van der Waals surface area contributed by atoms with Crippen LogP contribution >= 0.6 is 46.8 Å². The molecule has 4 N–H and O–H groups in total. The highest BCUT2D eigenvalue weighted by atomic mass is 35.5. The third kappa shape index (κ3) is 4.62. The maximum atomic E-state index is 12.6. The van der Waals surface area contributed by atoms with Crippen LogP contribution in [0.1, 0.15) is 44.2 Å². The summed E-state index contributed by atoms with van der Waals surface area (Å²) in [5, 5.41) is 7.02. The monoisotopic (exact) mass is 493 g/mol. The van der Waals surface area contributed by atoms with Crippen molar-refractivity contribution in [3.05, 3.63) is 62.1 Å². The van der Waals surface area contributed by atoms with Crippen LogP contribution in [0.5, 0.6) is 0 Å². The van der Waals surface area contributed by atoms with Crippen molar-refractivity contribution in [3.8, 4) is 11.3 Å². The minimum atomic E-state index is -0.532. The molecule has 0 saturated carbocycles. The van der Waals surface area contributed by atoms with E-state index in [4.69, 9.17) is 45.6 Å². The van der Waals surface area contributed by atoms with Crippen LogP contribution in [0, 0.1) is 0 Å². The molecule has 160 valence electrons. The van der Waals surface area contributed by atoms with Crippen molar-refractivity contribution in [1.82, 2.24) is 5.32 Å². The van der Waals surface area contributed by atoms with Crippen LogP contribution in [0.25, 0.3) is 11.3 Å². The Morgan fingerprint density at radius 2 is 1.90 bits per heavy atom. The number of anilines is 1. The zero-order chi connectivity index (χ0) is 22.1. The molecule has 10 heteroatoms. The van der Waals surface area contributed by atoms with Crippen molar-refractivity contribution in [3.63, 3.8) is 0 Å². The number of hydrogen-bond acceptors (Lipinski definition) is 5. The highest BCUT2D eigenvalue weighted by Crippen LogP contribution is 2.38. The number of amides is 2. The molecule has 0 saturated heterocycles. The van der Waals surface area contributed by atoms with Crippen molar-refractivity contribution < 1.29 is 14.0 Å². The molecular weight excluding hydrogens is 477 g/mol. The summed E-state index contributed by atoms with van der Waals surface area (Å²) in [6.07, 6.45) is 3.81. The van der Waals surface area contributed by atoms with E-state index >= 15 is 0 Å². The highest BCUT2D eigenvalue weighted by molar-refractivity contribution is 7.80. The smallest absolute Gasteiger partial charge is 0.293 e. The third-order valence-electron chi connectivity index (χ3n) is 4.90. The van der Waals surface area contributed by atoms with Gasteiger partial charge in [0.05, 0.1) is 10.6 Å². The molecule has 0 aliphatic heterocycles. The van der Waals surface area contributed by atoms with Gasteiger partial charge in [-0.05, 0) is 73.8 Å². The van der Waals surface area contributed by atoms with Gasteiger partial charge in [0.2, 0.25) is 0 Å². The lowest BCUT2D eigenvalue weighted by atomic mass is 9.95. The van der Waals surface area contributed by atoms with E-state index in [1.54, 1.807) is 24.3 Å². The number of fused-ring (bicyclic) bond motifs is 1. The lowest BCUT2D eigenvalue weighted by Gasteiger charge is -2.11. The Morgan fingerprint density at radius 1 is 1.13 bits per heavy atom. The Hall–Kier alpha value is -2.39. The minimum Gasteiger partial charge on any atom is -0.451 e. The number of nitrogens with one attached hydrogen (secondary N) is 2. The van der Waals surface area contributed by atoms with Gasteiger partial charge in [-0.15, -0.1) is 11.3 Å². The lowest BCUT2D eigenvalue weighted by molar-refractivity contribution is 0.0950. The van der Waals surface area contributed by atoms with Crippen LogP contribution in [-0.2, 0) is 12.8 Å². The van der Waals surface area contributed by atoms with Crippen LogP contribution in [0.3, 0.4) is 0 Å². The molecule has 3 aromatic rings. The maximum Gasteiger partial charge on any atom is 0.293 e. The Bertz CT molecular complexity index is 1200. The maximum absolute atomic E-state index is 12.6. The average Bonchev–Trinajstić information content (AvgIpc) is 3.32. The van der Waals surface area contributed by atoms with Gasteiger partial charge in [-0.1, -0.05) is 23.2 Å². The fourth-order valence-corrected chi connectivity index (χ4v) is 5.57. The number of hydrogen-bond donors (Lipinski definition) is 3. The van der Waals surface area contributed by atoms with Gasteiger partial charge in [0.25, 0.3) is 11.8 Å². The van der Waals surface area contributed by atoms with Gasteiger partial charge < -0.3 is 15.5 Å². The van der Waals surface area contributed by atoms with E-state index in [0.29, 0.717) is 31.9 Å². The number of thiocarbonyl (C=S) groups is 1. The summed E-state index contributed by atoms with van der Waals surface area (Å²) in [6, 6.07) is 8.15. The molecular formula is C21H17Cl2N3O3S2. The summed E-state index contributed by atoms with van der Waals surface area (Å²) >= 11 is 18.8. The Balaban J connectivity index is 1.48. The second-order valence-electron chi connectivity index (χ2n) is 6.98. The zero-order valence-electron chi connectivity index (χ0n) is 16.1. The Labute approximate surface area is 197 Å².